The van der Waals surface area contributed by atoms with Gasteiger partial charge in [0.25, 0.3) is 11.4 Å². The summed E-state index contributed by atoms with van der Waals surface area (Å²) in [6.45, 7) is 24.7. The Hall–Kier alpha value is -7.26. The molecule has 64 heavy (non-hydrogen) atoms. The van der Waals surface area contributed by atoms with Gasteiger partial charge >= 0.3 is 0 Å². The first-order chi connectivity index (χ1) is 30.0. The molecule has 0 spiro atoms. The molecular weight excluding hydrogens is 825 g/mol. The van der Waals surface area contributed by atoms with Gasteiger partial charge in [-0.25, -0.2) is 28.6 Å². The van der Waals surface area contributed by atoms with E-state index >= 15 is 0 Å². The lowest BCUT2D eigenvalue weighted by molar-refractivity contribution is -0.399. The first-order valence-corrected chi connectivity index (χ1v) is 21.5. The molecule has 13 heteroatoms. The average Bonchev–Trinajstić information content (AvgIpc) is 3.59. The monoisotopic (exact) mass is 874 g/mol. The Labute approximate surface area is 375 Å². The van der Waals surface area contributed by atoms with Crippen LogP contribution in [0.3, 0.4) is 0 Å². The molecule has 2 aliphatic heterocycles. The fourth-order valence-corrected chi connectivity index (χ4v) is 8.70. The Balaban J connectivity index is 0.000000244. The van der Waals surface area contributed by atoms with Gasteiger partial charge < -0.3 is 18.9 Å². The number of hydrogen-bond donors (Lipinski definition) is 0. The normalized spacial score (nSPS) is 16.1. The third-order valence-corrected chi connectivity index (χ3v) is 11.8. The van der Waals surface area contributed by atoms with Crippen LogP contribution in [0.25, 0.3) is 42.6 Å². The molecular formula is C51H50N6O6S. The second-order valence-electron chi connectivity index (χ2n) is 15.9. The number of nitriles is 2. The average molecular weight is 875 g/mol. The molecule has 0 unspecified atom stereocenters. The van der Waals surface area contributed by atoms with Gasteiger partial charge in [0.1, 0.15) is 25.2 Å². The summed E-state index contributed by atoms with van der Waals surface area (Å²) in [6, 6.07) is 32.5. The third kappa shape index (κ3) is 9.25. The smallest absolute Gasteiger partial charge is 0.272 e. The molecule has 2 heterocycles. The fourth-order valence-electron chi connectivity index (χ4n) is 8.43. The lowest BCUT2D eigenvalue weighted by Crippen LogP contribution is -2.26. The van der Waals surface area contributed by atoms with Crippen molar-refractivity contribution >= 4 is 60.4 Å². The summed E-state index contributed by atoms with van der Waals surface area (Å²) in [5.74, 6) is 0.0428. The number of anilines is 1. The number of benzene rings is 5. The molecule has 5 aromatic carbocycles. The van der Waals surface area contributed by atoms with Gasteiger partial charge in [-0.05, 0) is 60.9 Å². The minimum Gasteiger partial charge on any atom is -0.726 e. The third-order valence-electron chi connectivity index (χ3n) is 11.4. The molecule has 326 valence electrons. The highest BCUT2D eigenvalue weighted by atomic mass is 32.3. The molecule has 5 aromatic rings. The predicted octanol–water partition coefficient (Wildman–Crippen LogP) is 8.94. The van der Waals surface area contributed by atoms with Crippen LogP contribution in [-0.2, 0) is 25.4 Å². The SMILES string of the molecule is C.CN1/C(=C\C=C\C2=[N+](C)c3c(ccc4ccccc34)C2(C)C)C(C)(C)c2ccc3ccccc3c21.[C-]#[N+]/C(C#N)=c1/cc(OCCOS(=O)(=O)[O-])/c(=C(\C#N)[N+]#[C-])cc1OCCC. The summed E-state index contributed by atoms with van der Waals surface area (Å²) >= 11 is 0. The second-order valence-corrected chi connectivity index (χ2v) is 17.0. The Bertz CT molecular complexity index is 3140. The highest BCUT2D eigenvalue weighted by Gasteiger charge is 2.44. The highest BCUT2D eigenvalue weighted by molar-refractivity contribution is 7.80. The van der Waals surface area contributed by atoms with Gasteiger partial charge in [0.05, 0.1) is 55.0 Å². The Kier molecular flexibility index (Phi) is 14.5. The quantitative estimate of drug-likeness (QED) is 0.0441. The van der Waals surface area contributed by atoms with Crippen molar-refractivity contribution in [1.82, 2.24) is 0 Å². The molecule has 0 amide bonds. The zero-order chi connectivity index (χ0) is 45.7. The standard InChI is InChI=1S/C33H33N2.C17H14N4O6S.CH4/c1-32(2)26-20-18-22-12-7-9-14-24(22)30(26)34(5)28(32)16-11-17-29-33(3,4)27-21-19-23-13-8-10-15-25(23)31(27)35(29)6;1-4-5-25-16-8-13(15(11-19)21-3)17(9-12(16)14(10-18)20-2)26-6-7-27-28(22,23)24;/h7-21H,1-6H3;8-9H,4-7H2,1H3,(H,22,23,24);1H4/q+1;;/p-1/b;14-12-,15-13+;. The zero-order valence-corrected chi connectivity index (χ0v) is 37.0. The second kappa shape index (κ2) is 19.4. The zero-order valence-electron chi connectivity index (χ0n) is 36.2. The molecule has 0 bridgehead atoms. The van der Waals surface area contributed by atoms with Gasteiger partial charge in [-0.2, -0.15) is 4.58 Å². The van der Waals surface area contributed by atoms with Crippen LogP contribution in [0.15, 0.2) is 109 Å². The van der Waals surface area contributed by atoms with Gasteiger partial charge in [-0.3, -0.25) is 4.18 Å². The van der Waals surface area contributed by atoms with Crippen LogP contribution in [0, 0.1) is 35.8 Å². The maximum absolute atomic E-state index is 10.5. The van der Waals surface area contributed by atoms with E-state index in [0.717, 1.165) is 0 Å². The molecule has 2 aliphatic rings. The van der Waals surface area contributed by atoms with Crippen molar-refractivity contribution < 1.29 is 31.2 Å². The van der Waals surface area contributed by atoms with E-state index in [0.29, 0.717) is 6.42 Å². The van der Waals surface area contributed by atoms with Crippen molar-refractivity contribution in [1.29, 1.82) is 10.5 Å². The number of allylic oxidation sites excluding steroid dienone is 4. The van der Waals surface area contributed by atoms with E-state index in [-0.39, 0.29) is 58.2 Å². The van der Waals surface area contributed by atoms with Gasteiger partial charge in [-0.15, -0.1) is 0 Å². The molecule has 7 rings (SSSR count). The van der Waals surface area contributed by atoms with E-state index in [9.17, 15) is 23.5 Å². The van der Waals surface area contributed by atoms with E-state index in [1.165, 1.54) is 67.6 Å². The first-order valence-electron chi connectivity index (χ1n) is 20.2. The number of ether oxygens (including phenoxy) is 2. The number of rotatable bonds is 10. The Morgan fingerprint density at radius 3 is 1.89 bits per heavy atom. The fraction of sp³-hybridized carbons (Fsp3) is 0.275. The molecule has 0 aromatic heterocycles. The molecule has 0 saturated carbocycles. The van der Waals surface area contributed by atoms with Gasteiger partial charge in [0, 0.05) is 45.6 Å². The van der Waals surface area contributed by atoms with Crippen LogP contribution in [0.4, 0.5) is 11.4 Å². The Morgan fingerprint density at radius 1 is 0.812 bits per heavy atom. The highest BCUT2D eigenvalue weighted by Crippen LogP contribution is 2.50. The van der Waals surface area contributed by atoms with E-state index in [4.69, 9.17) is 22.6 Å². The Morgan fingerprint density at radius 2 is 1.34 bits per heavy atom. The lowest BCUT2D eigenvalue weighted by Gasteiger charge is -2.23. The summed E-state index contributed by atoms with van der Waals surface area (Å²) < 4.78 is 48.7. The topological polar surface area (TPSA) is 147 Å². The number of fused-ring (bicyclic) bond motifs is 6. The summed E-state index contributed by atoms with van der Waals surface area (Å²) in [5, 5.41) is 23.7. The van der Waals surface area contributed by atoms with Crippen LogP contribution in [0.1, 0.15) is 59.6 Å². The van der Waals surface area contributed by atoms with Crippen molar-refractivity contribution in [2.75, 3.05) is 38.8 Å². The van der Waals surface area contributed by atoms with E-state index in [2.05, 4.69) is 156 Å². The van der Waals surface area contributed by atoms with Crippen LogP contribution >= 0.6 is 0 Å². The molecule has 0 atom stereocenters. The van der Waals surface area contributed by atoms with Crippen molar-refractivity contribution in [2.24, 2.45) is 0 Å². The van der Waals surface area contributed by atoms with Crippen molar-refractivity contribution in [3.05, 3.63) is 153 Å². The lowest BCUT2D eigenvalue weighted by atomic mass is 9.80. The molecule has 0 aliphatic carbocycles. The molecule has 0 fully saturated rings. The van der Waals surface area contributed by atoms with Gasteiger partial charge in [-0.1, -0.05) is 101 Å². The number of likely N-dealkylation sites (N-methyl/N-ethyl adjacent to an activating group) is 1. The molecule has 12 nitrogen and oxygen atoms in total. The molecule has 0 radical (unpaired) electrons. The number of hydrogen-bond acceptors (Lipinski definition) is 9. The van der Waals surface area contributed by atoms with Crippen LogP contribution in [-0.4, -0.2) is 57.2 Å². The maximum atomic E-state index is 10.5. The largest absolute Gasteiger partial charge is 0.726 e. The first kappa shape index (κ1) is 47.8. The summed E-state index contributed by atoms with van der Waals surface area (Å²) in [5.41, 5.74) is 7.33. The van der Waals surface area contributed by atoms with Crippen LogP contribution in [0.5, 0.6) is 11.5 Å². The van der Waals surface area contributed by atoms with Gasteiger partial charge in [0.15, 0.2) is 5.71 Å². The van der Waals surface area contributed by atoms with Crippen LogP contribution < -0.4 is 24.8 Å². The van der Waals surface area contributed by atoms with Crippen LogP contribution in [0.2, 0.25) is 0 Å². The number of nitrogens with zero attached hydrogens (tertiary/aromatic N) is 6. The predicted molar refractivity (Wildman–Crippen MR) is 251 cm³/mol. The van der Waals surface area contributed by atoms with E-state index in [1.54, 1.807) is 12.1 Å². The van der Waals surface area contributed by atoms with Gasteiger partial charge in [0.2, 0.25) is 16.1 Å². The summed E-state index contributed by atoms with van der Waals surface area (Å²) in [7, 11) is -0.486. The minimum absolute atomic E-state index is 0. The summed E-state index contributed by atoms with van der Waals surface area (Å²) in [4.78, 5) is 8.61. The molecule has 0 saturated heterocycles. The summed E-state index contributed by atoms with van der Waals surface area (Å²) in [6.07, 6.45) is 7.51. The minimum atomic E-state index is -4.90. The van der Waals surface area contributed by atoms with E-state index < -0.39 is 23.6 Å². The van der Waals surface area contributed by atoms with Crippen molar-refractivity contribution in [2.45, 2.75) is 59.3 Å². The van der Waals surface area contributed by atoms with E-state index in [1.807, 2.05) is 6.92 Å². The maximum Gasteiger partial charge on any atom is 0.272 e. The molecule has 0 N–H and O–H groups in total. The van der Waals surface area contributed by atoms with Crippen molar-refractivity contribution in [3.63, 3.8) is 0 Å². The van der Waals surface area contributed by atoms with Crippen molar-refractivity contribution in [3.8, 4) is 23.6 Å².